The average molecular weight is 308 g/mol. The fourth-order valence-electron chi connectivity index (χ4n) is 2.32. The molecule has 0 fully saturated rings. The Morgan fingerprint density at radius 2 is 2.00 bits per heavy atom. The molecule has 3 rings (SSSR count). The van der Waals surface area contributed by atoms with Gasteiger partial charge >= 0.3 is 0 Å². The van der Waals surface area contributed by atoms with Crippen molar-refractivity contribution in [2.24, 2.45) is 5.73 Å². The third kappa shape index (κ3) is 3.12. The molecule has 1 heterocycles. The molecule has 110 valence electrons. The number of fused-ring (bicyclic) bond motifs is 1. The minimum absolute atomic E-state index is 0.110. The Balaban J connectivity index is 1.69. The molecule has 2 aromatic carbocycles. The van der Waals surface area contributed by atoms with Gasteiger partial charge in [0.2, 0.25) is 0 Å². The molecular weight excluding hydrogens is 293 g/mol. The minimum atomic E-state index is -0.437. The standard InChI is InChI=1S/C16H15ClFNO2/c17-11-6-5-10(7-12(11)18)8-13(19)16-9-20-14-3-1-2-4-15(14)21-16/h1-7,13,16H,8-9,19H2. The Bertz CT molecular complexity index is 650. The molecule has 0 spiro atoms. The van der Waals surface area contributed by atoms with Crippen LogP contribution in [0.3, 0.4) is 0 Å². The van der Waals surface area contributed by atoms with Crippen LogP contribution in [0.2, 0.25) is 5.02 Å². The minimum Gasteiger partial charge on any atom is -0.486 e. The monoisotopic (exact) mass is 307 g/mol. The van der Waals surface area contributed by atoms with Crippen molar-refractivity contribution in [2.45, 2.75) is 18.6 Å². The van der Waals surface area contributed by atoms with Gasteiger partial charge in [0.05, 0.1) is 5.02 Å². The van der Waals surface area contributed by atoms with Crippen LogP contribution >= 0.6 is 11.6 Å². The number of rotatable bonds is 3. The summed E-state index contributed by atoms with van der Waals surface area (Å²) in [5.41, 5.74) is 6.95. The Morgan fingerprint density at radius 1 is 1.24 bits per heavy atom. The smallest absolute Gasteiger partial charge is 0.161 e. The van der Waals surface area contributed by atoms with Crippen LogP contribution in [0.15, 0.2) is 42.5 Å². The van der Waals surface area contributed by atoms with Gasteiger partial charge in [0.25, 0.3) is 0 Å². The lowest BCUT2D eigenvalue weighted by molar-refractivity contribution is 0.0722. The summed E-state index contributed by atoms with van der Waals surface area (Å²) in [6, 6.07) is 11.9. The van der Waals surface area contributed by atoms with Crippen LogP contribution in [0.1, 0.15) is 5.56 Å². The molecule has 0 aromatic heterocycles. The van der Waals surface area contributed by atoms with E-state index >= 15 is 0 Å². The summed E-state index contributed by atoms with van der Waals surface area (Å²) in [7, 11) is 0. The first kappa shape index (κ1) is 14.2. The van der Waals surface area contributed by atoms with E-state index in [0.29, 0.717) is 18.8 Å². The molecule has 1 aliphatic rings. The van der Waals surface area contributed by atoms with Crippen LogP contribution in [-0.4, -0.2) is 18.8 Å². The van der Waals surface area contributed by atoms with Crippen LogP contribution < -0.4 is 15.2 Å². The zero-order valence-corrected chi connectivity index (χ0v) is 12.0. The van der Waals surface area contributed by atoms with Gasteiger partial charge in [0, 0.05) is 6.04 Å². The molecule has 5 heteroatoms. The Hall–Kier alpha value is -1.78. The number of hydrogen-bond donors (Lipinski definition) is 1. The van der Waals surface area contributed by atoms with Crippen LogP contribution in [0.4, 0.5) is 4.39 Å². The van der Waals surface area contributed by atoms with Crippen LogP contribution in [0.5, 0.6) is 11.5 Å². The van der Waals surface area contributed by atoms with Crippen molar-refractivity contribution >= 4 is 11.6 Å². The summed E-state index contributed by atoms with van der Waals surface area (Å²) in [5.74, 6) is 0.970. The van der Waals surface area contributed by atoms with Gasteiger partial charge < -0.3 is 15.2 Å². The van der Waals surface area contributed by atoms with E-state index in [1.807, 2.05) is 24.3 Å². The van der Waals surface area contributed by atoms with E-state index in [9.17, 15) is 4.39 Å². The average Bonchev–Trinajstić information content (AvgIpc) is 2.50. The van der Waals surface area contributed by atoms with E-state index in [1.54, 1.807) is 6.07 Å². The van der Waals surface area contributed by atoms with Crippen molar-refractivity contribution in [1.29, 1.82) is 0 Å². The summed E-state index contributed by atoms with van der Waals surface area (Å²) >= 11 is 5.67. The topological polar surface area (TPSA) is 44.5 Å². The van der Waals surface area contributed by atoms with E-state index in [4.69, 9.17) is 26.8 Å². The first-order chi connectivity index (χ1) is 10.1. The van der Waals surface area contributed by atoms with E-state index in [1.165, 1.54) is 12.1 Å². The highest BCUT2D eigenvalue weighted by Gasteiger charge is 2.26. The van der Waals surface area contributed by atoms with Gasteiger partial charge in [-0.3, -0.25) is 0 Å². The van der Waals surface area contributed by atoms with Crippen molar-refractivity contribution in [1.82, 2.24) is 0 Å². The molecule has 1 aliphatic heterocycles. The molecule has 0 bridgehead atoms. The van der Waals surface area contributed by atoms with Gasteiger partial charge in [-0.1, -0.05) is 29.8 Å². The largest absolute Gasteiger partial charge is 0.486 e. The van der Waals surface area contributed by atoms with Crippen molar-refractivity contribution in [2.75, 3.05) is 6.61 Å². The Morgan fingerprint density at radius 3 is 2.76 bits per heavy atom. The maximum absolute atomic E-state index is 13.4. The highest BCUT2D eigenvalue weighted by atomic mass is 35.5. The lowest BCUT2D eigenvalue weighted by Crippen LogP contribution is -2.46. The number of benzene rings is 2. The second kappa shape index (κ2) is 5.92. The summed E-state index contributed by atoms with van der Waals surface area (Å²) in [6.07, 6.45) is 0.225. The van der Waals surface area contributed by atoms with E-state index in [2.05, 4.69) is 0 Å². The van der Waals surface area contributed by atoms with E-state index in [-0.39, 0.29) is 17.2 Å². The highest BCUT2D eigenvalue weighted by molar-refractivity contribution is 6.30. The second-order valence-electron chi connectivity index (χ2n) is 5.03. The number of para-hydroxylation sites is 2. The number of hydrogen-bond acceptors (Lipinski definition) is 3. The summed E-state index contributed by atoms with van der Waals surface area (Å²) in [6.45, 7) is 0.383. The zero-order valence-electron chi connectivity index (χ0n) is 11.3. The quantitative estimate of drug-likeness (QED) is 0.947. The maximum Gasteiger partial charge on any atom is 0.161 e. The van der Waals surface area contributed by atoms with Crippen LogP contribution in [0, 0.1) is 5.82 Å². The van der Waals surface area contributed by atoms with Crippen molar-refractivity contribution in [3.63, 3.8) is 0 Å². The molecule has 0 saturated heterocycles. The van der Waals surface area contributed by atoms with Crippen LogP contribution in [0.25, 0.3) is 0 Å². The van der Waals surface area contributed by atoms with Gasteiger partial charge in [-0.2, -0.15) is 0 Å². The van der Waals surface area contributed by atoms with Gasteiger partial charge in [-0.05, 0) is 36.2 Å². The van der Waals surface area contributed by atoms with Crippen molar-refractivity contribution in [3.8, 4) is 11.5 Å². The first-order valence-electron chi connectivity index (χ1n) is 6.71. The SMILES string of the molecule is NC(Cc1ccc(Cl)c(F)c1)C1COc2ccccc2O1. The maximum atomic E-state index is 13.4. The van der Waals surface area contributed by atoms with E-state index < -0.39 is 5.82 Å². The highest BCUT2D eigenvalue weighted by Crippen LogP contribution is 2.31. The normalized spacial score (nSPS) is 18.3. The summed E-state index contributed by atoms with van der Waals surface area (Å²) in [4.78, 5) is 0. The van der Waals surface area contributed by atoms with Gasteiger partial charge in [-0.15, -0.1) is 0 Å². The summed E-state index contributed by atoms with van der Waals surface area (Å²) < 4.78 is 24.9. The number of ether oxygens (including phenoxy) is 2. The third-order valence-corrected chi connectivity index (χ3v) is 3.77. The molecule has 2 unspecified atom stereocenters. The fourth-order valence-corrected chi connectivity index (χ4v) is 2.43. The Kier molecular flexibility index (Phi) is 3.99. The Labute approximate surface area is 127 Å². The fraction of sp³-hybridized carbons (Fsp3) is 0.250. The molecule has 0 saturated carbocycles. The van der Waals surface area contributed by atoms with Gasteiger partial charge in [0.15, 0.2) is 11.5 Å². The van der Waals surface area contributed by atoms with Gasteiger partial charge in [-0.25, -0.2) is 4.39 Å². The molecule has 3 nitrogen and oxygen atoms in total. The molecule has 21 heavy (non-hydrogen) atoms. The molecule has 0 aliphatic carbocycles. The molecule has 0 radical (unpaired) electrons. The second-order valence-corrected chi connectivity index (χ2v) is 5.44. The lowest BCUT2D eigenvalue weighted by atomic mass is 10.0. The predicted molar refractivity (Wildman–Crippen MR) is 79.4 cm³/mol. The third-order valence-electron chi connectivity index (χ3n) is 3.46. The number of nitrogens with two attached hydrogens (primary N) is 1. The first-order valence-corrected chi connectivity index (χ1v) is 7.09. The molecule has 0 amide bonds. The summed E-state index contributed by atoms with van der Waals surface area (Å²) in [5, 5.41) is 0.110. The molecule has 2 atom stereocenters. The molecule has 2 aromatic rings. The van der Waals surface area contributed by atoms with Crippen molar-refractivity contribution < 1.29 is 13.9 Å². The number of halogens is 2. The predicted octanol–water partition coefficient (Wildman–Crippen LogP) is 3.19. The van der Waals surface area contributed by atoms with E-state index in [0.717, 1.165) is 11.3 Å². The van der Waals surface area contributed by atoms with Gasteiger partial charge in [0.1, 0.15) is 18.5 Å². The lowest BCUT2D eigenvalue weighted by Gasteiger charge is -2.30. The van der Waals surface area contributed by atoms with Crippen LogP contribution in [-0.2, 0) is 6.42 Å². The zero-order chi connectivity index (χ0) is 14.8. The van der Waals surface area contributed by atoms with Crippen molar-refractivity contribution in [3.05, 3.63) is 58.9 Å². The molecular formula is C16H15ClFNO2. The molecule has 2 N–H and O–H groups in total.